The molecular formula is C18H27IN4O. The predicted octanol–water partition coefficient (Wildman–Crippen LogP) is 3.26. The first-order valence-electron chi connectivity index (χ1n) is 8.16. The first-order valence-corrected chi connectivity index (χ1v) is 8.16. The minimum Gasteiger partial charge on any atom is -0.494 e. The molecule has 0 atom stereocenters. The molecule has 6 heteroatoms. The lowest BCUT2D eigenvalue weighted by atomic mass is 10.2. The number of benzene rings is 1. The van der Waals surface area contributed by atoms with Crippen LogP contribution < -0.4 is 15.4 Å². The van der Waals surface area contributed by atoms with Crippen molar-refractivity contribution in [3.05, 3.63) is 54.4 Å². The highest BCUT2D eigenvalue weighted by atomic mass is 127. The van der Waals surface area contributed by atoms with E-state index in [0.717, 1.165) is 36.9 Å². The first-order chi connectivity index (χ1) is 11.3. The van der Waals surface area contributed by atoms with E-state index in [1.165, 1.54) is 0 Å². The van der Waals surface area contributed by atoms with Gasteiger partial charge in [-0.05, 0) is 43.7 Å². The topological polar surface area (TPSA) is 50.6 Å². The molecule has 2 rings (SSSR count). The van der Waals surface area contributed by atoms with E-state index in [2.05, 4.69) is 45.6 Å². The van der Waals surface area contributed by atoms with Crippen molar-refractivity contribution in [2.45, 2.75) is 26.9 Å². The van der Waals surface area contributed by atoms with Crippen molar-refractivity contribution < 1.29 is 4.74 Å². The highest BCUT2D eigenvalue weighted by molar-refractivity contribution is 14.0. The van der Waals surface area contributed by atoms with E-state index in [4.69, 9.17) is 4.74 Å². The standard InChI is InChI=1S/C18H26N4O.HI/c1-3-19-18(20-10-13-22-11-5-6-12-22)21-15-16-8-7-9-17(14-16)23-4-2;/h5-9,11-12,14H,3-4,10,13,15H2,1-2H3,(H2,19,20,21);1H. The molecule has 0 aliphatic carbocycles. The van der Waals surface area contributed by atoms with Gasteiger partial charge in [0.2, 0.25) is 0 Å². The van der Waals surface area contributed by atoms with Gasteiger partial charge in [0.1, 0.15) is 5.75 Å². The molecule has 0 unspecified atom stereocenters. The zero-order valence-corrected chi connectivity index (χ0v) is 16.7. The van der Waals surface area contributed by atoms with E-state index >= 15 is 0 Å². The van der Waals surface area contributed by atoms with Crippen LogP contribution in [-0.4, -0.2) is 30.2 Å². The van der Waals surface area contributed by atoms with Crippen LogP contribution in [-0.2, 0) is 13.1 Å². The van der Waals surface area contributed by atoms with E-state index < -0.39 is 0 Å². The smallest absolute Gasteiger partial charge is 0.191 e. The molecule has 1 aromatic heterocycles. The van der Waals surface area contributed by atoms with Gasteiger partial charge in [-0.25, -0.2) is 4.99 Å². The molecular weight excluding hydrogens is 415 g/mol. The SMILES string of the molecule is CCNC(=NCc1cccc(OCC)c1)NCCn1cccc1.I. The van der Waals surface area contributed by atoms with Crippen molar-refractivity contribution >= 4 is 29.9 Å². The summed E-state index contributed by atoms with van der Waals surface area (Å²) in [6.07, 6.45) is 4.12. The van der Waals surface area contributed by atoms with Crippen LogP contribution in [0.25, 0.3) is 0 Å². The monoisotopic (exact) mass is 442 g/mol. The maximum Gasteiger partial charge on any atom is 0.191 e. The molecule has 1 heterocycles. The van der Waals surface area contributed by atoms with E-state index in [1.54, 1.807) is 0 Å². The van der Waals surface area contributed by atoms with E-state index in [9.17, 15) is 0 Å². The second kappa shape index (κ2) is 11.8. The zero-order chi connectivity index (χ0) is 16.3. The molecule has 0 spiro atoms. The van der Waals surface area contributed by atoms with Gasteiger partial charge in [0.25, 0.3) is 0 Å². The summed E-state index contributed by atoms with van der Waals surface area (Å²) in [6.45, 7) is 7.95. The van der Waals surface area contributed by atoms with Crippen molar-refractivity contribution in [2.75, 3.05) is 19.7 Å². The van der Waals surface area contributed by atoms with Gasteiger partial charge < -0.3 is 19.9 Å². The zero-order valence-electron chi connectivity index (χ0n) is 14.4. The number of hydrogen-bond donors (Lipinski definition) is 2. The lowest BCUT2D eigenvalue weighted by molar-refractivity contribution is 0.340. The van der Waals surface area contributed by atoms with Crippen LogP contribution in [0.3, 0.4) is 0 Å². The maximum absolute atomic E-state index is 5.52. The Hall–Kier alpha value is -1.70. The molecule has 2 N–H and O–H groups in total. The van der Waals surface area contributed by atoms with Crippen LogP contribution in [0.15, 0.2) is 53.8 Å². The summed E-state index contributed by atoms with van der Waals surface area (Å²) in [4.78, 5) is 4.63. The van der Waals surface area contributed by atoms with Gasteiger partial charge in [0.15, 0.2) is 5.96 Å². The Morgan fingerprint density at radius 3 is 2.62 bits per heavy atom. The summed E-state index contributed by atoms with van der Waals surface area (Å²) in [5, 5.41) is 6.63. The second-order valence-electron chi connectivity index (χ2n) is 5.12. The largest absolute Gasteiger partial charge is 0.494 e. The number of halogens is 1. The van der Waals surface area contributed by atoms with Crippen molar-refractivity contribution in [3.8, 4) is 5.75 Å². The number of hydrogen-bond acceptors (Lipinski definition) is 2. The van der Waals surface area contributed by atoms with Gasteiger partial charge in [0, 0.05) is 32.0 Å². The van der Waals surface area contributed by atoms with E-state index in [-0.39, 0.29) is 24.0 Å². The third-order valence-electron chi connectivity index (χ3n) is 3.30. The van der Waals surface area contributed by atoms with E-state index in [1.807, 2.05) is 37.3 Å². The first kappa shape index (κ1) is 20.3. The molecule has 0 saturated heterocycles. The van der Waals surface area contributed by atoms with Gasteiger partial charge in [-0.1, -0.05) is 12.1 Å². The quantitative estimate of drug-likeness (QED) is 0.375. The van der Waals surface area contributed by atoms with Gasteiger partial charge in [0.05, 0.1) is 13.2 Å². The van der Waals surface area contributed by atoms with Crippen molar-refractivity contribution in [1.82, 2.24) is 15.2 Å². The predicted molar refractivity (Wildman–Crippen MR) is 110 cm³/mol. The third-order valence-corrected chi connectivity index (χ3v) is 3.30. The molecule has 1 aromatic carbocycles. The Balaban J connectivity index is 0.00000288. The summed E-state index contributed by atoms with van der Waals surface area (Å²) in [5.74, 6) is 1.73. The Morgan fingerprint density at radius 1 is 1.12 bits per heavy atom. The molecule has 0 fully saturated rings. The number of rotatable bonds is 8. The minimum absolute atomic E-state index is 0. The minimum atomic E-state index is 0. The Kier molecular flexibility index (Phi) is 9.98. The van der Waals surface area contributed by atoms with Gasteiger partial charge in [-0.3, -0.25) is 0 Å². The fourth-order valence-corrected chi connectivity index (χ4v) is 2.24. The highest BCUT2D eigenvalue weighted by Crippen LogP contribution is 2.13. The summed E-state index contributed by atoms with van der Waals surface area (Å²) >= 11 is 0. The van der Waals surface area contributed by atoms with Crippen molar-refractivity contribution in [2.24, 2.45) is 4.99 Å². The van der Waals surface area contributed by atoms with Crippen LogP contribution in [0.5, 0.6) is 5.75 Å². The van der Waals surface area contributed by atoms with Gasteiger partial charge in [-0.2, -0.15) is 0 Å². The molecule has 2 aromatic rings. The molecule has 132 valence electrons. The van der Waals surface area contributed by atoms with Crippen LogP contribution in [0, 0.1) is 0 Å². The summed E-state index contributed by atoms with van der Waals surface area (Å²) in [7, 11) is 0. The Bertz CT molecular complexity index is 599. The normalized spacial score (nSPS) is 10.8. The Labute approximate surface area is 161 Å². The molecule has 0 saturated carbocycles. The molecule has 24 heavy (non-hydrogen) atoms. The van der Waals surface area contributed by atoms with Crippen LogP contribution in [0.1, 0.15) is 19.4 Å². The van der Waals surface area contributed by atoms with Crippen molar-refractivity contribution in [1.29, 1.82) is 0 Å². The molecule has 5 nitrogen and oxygen atoms in total. The van der Waals surface area contributed by atoms with Crippen LogP contribution in [0.2, 0.25) is 0 Å². The number of nitrogens with one attached hydrogen (secondary N) is 2. The van der Waals surface area contributed by atoms with Crippen molar-refractivity contribution in [3.63, 3.8) is 0 Å². The fourth-order valence-electron chi connectivity index (χ4n) is 2.24. The van der Waals surface area contributed by atoms with Gasteiger partial charge >= 0.3 is 0 Å². The third kappa shape index (κ3) is 7.25. The summed E-state index contributed by atoms with van der Waals surface area (Å²) < 4.78 is 7.67. The second-order valence-corrected chi connectivity index (χ2v) is 5.12. The molecule has 0 radical (unpaired) electrons. The number of aliphatic imine (C=N–C) groups is 1. The Morgan fingerprint density at radius 2 is 1.92 bits per heavy atom. The number of aromatic nitrogens is 1. The van der Waals surface area contributed by atoms with Crippen LogP contribution >= 0.6 is 24.0 Å². The molecule has 0 bridgehead atoms. The molecule has 0 amide bonds. The molecule has 0 aliphatic rings. The average Bonchev–Trinajstić information content (AvgIpc) is 3.07. The highest BCUT2D eigenvalue weighted by Gasteiger charge is 1.99. The fraction of sp³-hybridized carbons (Fsp3) is 0.389. The molecule has 0 aliphatic heterocycles. The van der Waals surface area contributed by atoms with Gasteiger partial charge in [-0.15, -0.1) is 24.0 Å². The maximum atomic E-state index is 5.52. The number of nitrogens with zero attached hydrogens (tertiary/aromatic N) is 2. The van der Waals surface area contributed by atoms with E-state index in [0.29, 0.717) is 13.2 Å². The number of ether oxygens (including phenoxy) is 1. The lowest BCUT2D eigenvalue weighted by Crippen LogP contribution is -2.38. The summed E-state index contributed by atoms with van der Waals surface area (Å²) in [6, 6.07) is 12.1. The lowest BCUT2D eigenvalue weighted by Gasteiger charge is -2.12. The average molecular weight is 442 g/mol. The summed E-state index contributed by atoms with van der Waals surface area (Å²) in [5.41, 5.74) is 1.14. The van der Waals surface area contributed by atoms with Crippen LogP contribution in [0.4, 0.5) is 0 Å². The number of guanidine groups is 1.